The van der Waals surface area contributed by atoms with Crippen molar-refractivity contribution in [3.8, 4) is 0 Å². The van der Waals surface area contributed by atoms with Crippen LogP contribution in [0.2, 0.25) is 0 Å². The van der Waals surface area contributed by atoms with Crippen LogP contribution in [0.5, 0.6) is 0 Å². The molecule has 98 valence electrons. The van der Waals surface area contributed by atoms with E-state index >= 15 is 0 Å². The summed E-state index contributed by atoms with van der Waals surface area (Å²) in [6, 6.07) is 7.92. The van der Waals surface area contributed by atoms with Gasteiger partial charge < -0.3 is 15.0 Å². The Balaban J connectivity index is 1.97. The Morgan fingerprint density at radius 2 is 2.39 bits per heavy atom. The van der Waals surface area contributed by atoms with E-state index in [0.29, 0.717) is 19.7 Å². The fraction of sp³-hybridized carbons (Fsp3) is 0.500. The van der Waals surface area contributed by atoms with Gasteiger partial charge in [0.2, 0.25) is 0 Å². The number of rotatable bonds is 2. The van der Waals surface area contributed by atoms with E-state index < -0.39 is 0 Å². The Kier molecular flexibility index (Phi) is 4.20. The molecular weight excluding hydrogens is 228 g/mol. The molecule has 0 aromatic heterocycles. The molecule has 0 radical (unpaired) electrons. The molecule has 0 spiro atoms. The predicted octanol–water partition coefficient (Wildman–Crippen LogP) is 2.50. The summed E-state index contributed by atoms with van der Waals surface area (Å²) in [5.41, 5.74) is 2.08. The number of carbonyl (C=O) groups excluding carboxylic acids is 1. The topological polar surface area (TPSA) is 41.6 Å². The SMILES string of the molecule is CCc1cccc(NC(=O)N2CCOC(C)C2)c1. The van der Waals surface area contributed by atoms with E-state index in [-0.39, 0.29) is 12.1 Å². The molecular formula is C14H20N2O2. The zero-order valence-corrected chi connectivity index (χ0v) is 11.0. The predicted molar refractivity (Wildman–Crippen MR) is 71.8 cm³/mol. The summed E-state index contributed by atoms with van der Waals surface area (Å²) in [6.07, 6.45) is 1.09. The van der Waals surface area contributed by atoms with Gasteiger partial charge in [-0.25, -0.2) is 4.79 Å². The standard InChI is InChI=1S/C14H20N2O2/c1-3-12-5-4-6-13(9-12)15-14(17)16-7-8-18-11(2)10-16/h4-6,9,11H,3,7-8,10H2,1-2H3,(H,15,17). The number of morpholine rings is 1. The molecule has 1 unspecified atom stereocenters. The van der Waals surface area contributed by atoms with Crippen LogP contribution in [0.1, 0.15) is 19.4 Å². The number of carbonyl (C=O) groups is 1. The second-order valence-corrected chi connectivity index (χ2v) is 4.61. The molecule has 0 aliphatic carbocycles. The maximum atomic E-state index is 12.1. The van der Waals surface area contributed by atoms with Crippen LogP contribution in [0.15, 0.2) is 24.3 Å². The second-order valence-electron chi connectivity index (χ2n) is 4.61. The van der Waals surface area contributed by atoms with Gasteiger partial charge in [0, 0.05) is 18.8 Å². The summed E-state index contributed by atoms with van der Waals surface area (Å²) < 4.78 is 5.42. The van der Waals surface area contributed by atoms with Gasteiger partial charge >= 0.3 is 6.03 Å². The Bertz CT molecular complexity index is 420. The van der Waals surface area contributed by atoms with Crippen LogP contribution in [0, 0.1) is 0 Å². The van der Waals surface area contributed by atoms with E-state index in [2.05, 4.69) is 18.3 Å². The molecule has 4 heteroatoms. The number of urea groups is 1. The summed E-state index contributed by atoms with van der Waals surface area (Å²) in [7, 11) is 0. The van der Waals surface area contributed by atoms with Crippen molar-refractivity contribution in [2.45, 2.75) is 26.4 Å². The summed E-state index contributed by atoms with van der Waals surface area (Å²) in [5, 5.41) is 2.94. The van der Waals surface area contributed by atoms with E-state index in [1.807, 2.05) is 25.1 Å². The van der Waals surface area contributed by atoms with Gasteiger partial charge in [0.05, 0.1) is 12.7 Å². The number of hydrogen-bond acceptors (Lipinski definition) is 2. The van der Waals surface area contributed by atoms with Crippen LogP contribution in [0.4, 0.5) is 10.5 Å². The van der Waals surface area contributed by atoms with Crippen molar-refractivity contribution >= 4 is 11.7 Å². The highest BCUT2D eigenvalue weighted by atomic mass is 16.5. The number of nitrogens with zero attached hydrogens (tertiary/aromatic N) is 1. The molecule has 1 N–H and O–H groups in total. The van der Waals surface area contributed by atoms with Gasteiger partial charge in [0.1, 0.15) is 0 Å². The number of aryl methyl sites for hydroxylation is 1. The molecule has 1 saturated heterocycles. The molecule has 1 fully saturated rings. The van der Waals surface area contributed by atoms with Crippen LogP contribution >= 0.6 is 0 Å². The lowest BCUT2D eigenvalue weighted by Crippen LogP contribution is -2.46. The lowest BCUT2D eigenvalue weighted by atomic mass is 10.1. The van der Waals surface area contributed by atoms with E-state index in [1.54, 1.807) is 4.90 Å². The highest BCUT2D eigenvalue weighted by molar-refractivity contribution is 5.89. The average Bonchev–Trinajstić information content (AvgIpc) is 2.39. The largest absolute Gasteiger partial charge is 0.375 e. The molecule has 2 amide bonds. The number of nitrogens with one attached hydrogen (secondary N) is 1. The van der Waals surface area contributed by atoms with Gasteiger partial charge in [-0.05, 0) is 31.0 Å². The van der Waals surface area contributed by atoms with Crippen molar-refractivity contribution in [1.82, 2.24) is 4.90 Å². The summed E-state index contributed by atoms with van der Waals surface area (Å²) in [4.78, 5) is 13.9. The number of anilines is 1. The number of hydrogen-bond donors (Lipinski definition) is 1. The van der Waals surface area contributed by atoms with Crippen molar-refractivity contribution in [1.29, 1.82) is 0 Å². The fourth-order valence-corrected chi connectivity index (χ4v) is 2.07. The minimum Gasteiger partial charge on any atom is -0.375 e. The van der Waals surface area contributed by atoms with E-state index in [9.17, 15) is 4.79 Å². The van der Waals surface area contributed by atoms with Crippen LogP contribution in [0.25, 0.3) is 0 Å². The second kappa shape index (κ2) is 5.87. The number of amides is 2. The lowest BCUT2D eigenvalue weighted by molar-refractivity contribution is -0.00138. The Morgan fingerprint density at radius 3 is 3.11 bits per heavy atom. The van der Waals surface area contributed by atoms with Gasteiger partial charge in [-0.3, -0.25) is 0 Å². The van der Waals surface area contributed by atoms with Gasteiger partial charge in [-0.1, -0.05) is 19.1 Å². The average molecular weight is 248 g/mol. The smallest absolute Gasteiger partial charge is 0.322 e. The zero-order chi connectivity index (χ0) is 13.0. The molecule has 1 aromatic carbocycles. The van der Waals surface area contributed by atoms with Crippen molar-refractivity contribution in [2.24, 2.45) is 0 Å². The van der Waals surface area contributed by atoms with Gasteiger partial charge in [0.15, 0.2) is 0 Å². The van der Waals surface area contributed by atoms with E-state index in [0.717, 1.165) is 12.1 Å². The summed E-state index contributed by atoms with van der Waals surface area (Å²) in [5.74, 6) is 0. The molecule has 1 heterocycles. The zero-order valence-electron chi connectivity index (χ0n) is 11.0. The minimum absolute atomic E-state index is 0.0431. The van der Waals surface area contributed by atoms with Crippen LogP contribution in [0.3, 0.4) is 0 Å². The highest BCUT2D eigenvalue weighted by Gasteiger charge is 2.21. The van der Waals surface area contributed by atoms with Crippen LogP contribution < -0.4 is 5.32 Å². The summed E-state index contributed by atoms with van der Waals surface area (Å²) >= 11 is 0. The Hall–Kier alpha value is -1.55. The summed E-state index contributed by atoms with van der Waals surface area (Å²) in [6.45, 7) is 6.01. The van der Waals surface area contributed by atoms with Gasteiger partial charge in [-0.2, -0.15) is 0 Å². The maximum absolute atomic E-state index is 12.1. The third-order valence-electron chi connectivity index (χ3n) is 3.11. The third kappa shape index (κ3) is 3.23. The minimum atomic E-state index is -0.0431. The first-order chi connectivity index (χ1) is 8.69. The number of benzene rings is 1. The van der Waals surface area contributed by atoms with Crippen molar-refractivity contribution in [3.05, 3.63) is 29.8 Å². The molecule has 0 saturated carbocycles. The van der Waals surface area contributed by atoms with Crippen molar-refractivity contribution < 1.29 is 9.53 Å². The van der Waals surface area contributed by atoms with E-state index in [1.165, 1.54) is 5.56 Å². The van der Waals surface area contributed by atoms with Gasteiger partial charge in [0.25, 0.3) is 0 Å². The normalized spacial score (nSPS) is 19.7. The third-order valence-corrected chi connectivity index (χ3v) is 3.11. The molecule has 18 heavy (non-hydrogen) atoms. The van der Waals surface area contributed by atoms with Crippen LogP contribution in [-0.4, -0.2) is 36.7 Å². The van der Waals surface area contributed by atoms with Gasteiger partial charge in [-0.15, -0.1) is 0 Å². The highest BCUT2D eigenvalue weighted by Crippen LogP contribution is 2.13. The molecule has 1 aromatic rings. The van der Waals surface area contributed by atoms with Crippen molar-refractivity contribution in [3.63, 3.8) is 0 Å². The molecule has 0 bridgehead atoms. The first-order valence-electron chi connectivity index (χ1n) is 6.45. The van der Waals surface area contributed by atoms with E-state index in [4.69, 9.17) is 4.74 Å². The molecule has 4 nitrogen and oxygen atoms in total. The number of ether oxygens (including phenoxy) is 1. The maximum Gasteiger partial charge on any atom is 0.322 e. The Labute approximate surface area is 108 Å². The monoisotopic (exact) mass is 248 g/mol. The Morgan fingerprint density at radius 1 is 1.56 bits per heavy atom. The first kappa shape index (κ1) is 12.9. The molecule has 1 atom stereocenters. The quantitative estimate of drug-likeness (QED) is 0.873. The molecule has 2 rings (SSSR count). The molecule has 1 aliphatic heterocycles. The lowest BCUT2D eigenvalue weighted by Gasteiger charge is -2.31. The van der Waals surface area contributed by atoms with Crippen LogP contribution in [-0.2, 0) is 11.2 Å². The fourth-order valence-electron chi connectivity index (χ4n) is 2.07. The molecule has 1 aliphatic rings. The first-order valence-corrected chi connectivity index (χ1v) is 6.45. The van der Waals surface area contributed by atoms with Crippen molar-refractivity contribution in [2.75, 3.05) is 25.0 Å².